The second kappa shape index (κ2) is 12.1. The lowest BCUT2D eigenvalue weighted by Gasteiger charge is -2.19. The van der Waals surface area contributed by atoms with E-state index in [-0.39, 0.29) is 27.1 Å². The van der Waals surface area contributed by atoms with Crippen LogP contribution < -0.4 is 10.7 Å². The lowest BCUT2D eigenvalue weighted by molar-refractivity contribution is -0.123. The van der Waals surface area contributed by atoms with E-state index in [1.807, 2.05) is 13.8 Å². The van der Waals surface area contributed by atoms with E-state index in [0.717, 1.165) is 0 Å². The number of aromatic carboxylic acids is 1. The summed E-state index contributed by atoms with van der Waals surface area (Å²) in [5.74, 6) is -1.37. The molecule has 0 radical (unpaired) electrons. The molecule has 188 valence electrons. The van der Waals surface area contributed by atoms with Gasteiger partial charge >= 0.3 is 5.97 Å². The zero-order valence-corrected chi connectivity index (χ0v) is 21.5. The van der Waals surface area contributed by atoms with Crippen molar-refractivity contribution in [3.8, 4) is 11.3 Å². The predicted molar refractivity (Wildman–Crippen MR) is 139 cm³/mol. The van der Waals surface area contributed by atoms with Crippen LogP contribution in [0, 0.1) is 5.92 Å². The molecule has 0 unspecified atom stereocenters. The molecular formula is C25H22Cl3N3O5. The summed E-state index contributed by atoms with van der Waals surface area (Å²) in [4.78, 5) is 36.7. The molecule has 0 aliphatic carbocycles. The minimum Gasteiger partial charge on any atom is -0.478 e. The minimum atomic E-state index is -1.15. The highest BCUT2D eigenvalue weighted by molar-refractivity contribution is 6.36. The van der Waals surface area contributed by atoms with Crippen molar-refractivity contribution in [2.24, 2.45) is 11.0 Å². The van der Waals surface area contributed by atoms with Crippen molar-refractivity contribution in [2.75, 3.05) is 0 Å². The Balaban J connectivity index is 1.68. The maximum absolute atomic E-state index is 12.7. The molecule has 2 amide bonds. The number of carboxylic acids is 1. The van der Waals surface area contributed by atoms with Crippen LogP contribution in [-0.2, 0) is 4.79 Å². The number of carbonyl (C=O) groups excluding carboxylic acids is 2. The van der Waals surface area contributed by atoms with Crippen LogP contribution in [-0.4, -0.2) is 35.1 Å². The average molecular weight is 551 g/mol. The van der Waals surface area contributed by atoms with E-state index in [0.29, 0.717) is 28.5 Å². The smallest absolute Gasteiger partial charge is 0.337 e. The molecule has 8 nitrogen and oxygen atoms in total. The van der Waals surface area contributed by atoms with Gasteiger partial charge in [-0.3, -0.25) is 9.59 Å². The Labute approximate surface area is 222 Å². The molecule has 0 saturated carbocycles. The molecule has 1 atom stereocenters. The van der Waals surface area contributed by atoms with Gasteiger partial charge in [-0.25, -0.2) is 10.2 Å². The Bertz CT molecular complexity index is 1320. The Hall–Kier alpha value is -3.33. The molecule has 1 heterocycles. The molecule has 0 aliphatic heterocycles. The van der Waals surface area contributed by atoms with Crippen LogP contribution in [0.1, 0.15) is 46.7 Å². The number of nitrogens with zero attached hydrogens (tertiary/aromatic N) is 1. The van der Waals surface area contributed by atoms with Gasteiger partial charge in [-0.15, -0.1) is 0 Å². The molecule has 0 saturated heterocycles. The summed E-state index contributed by atoms with van der Waals surface area (Å²) < 4.78 is 5.66. The van der Waals surface area contributed by atoms with Gasteiger partial charge in [0.05, 0.1) is 27.4 Å². The summed E-state index contributed by atoms with van der Waals surface area (Å²) in [6.45, 7) is 3.84. The number of carboxylic acid groups (broad SMARTS) is 1. The third kappa shape index (κ3) is 7.10. The number of amides is 2. The molecule has 3 aromatic rings. The van der Waals surface area contributed by atoms with Crippen LogP contribution in [0.15, 0.2) is 58.0 Å². The van der Waals surface area contributed by atoms with Gasteiger partial charge < -0.3 is 14.8 Å². The van der Waals surface area contributed by atoms with E-state index in [1.54, 1.807) is 18.2 Å². The predicted octanol–water partition coefficient (Wildman–Crippen LogP) is 5.90. The molecule has 36 heavy (non-hydrogen) atoms. The summed E-state index contributed by atoms with van der Waals surface area (Å²) in [5, 5.41) is 16.5. The van der Waals surface area contributed by atoms with Gasteiger partial charge in [0.15, 0.2) is 0 Å². The highest BCUT2D eigenvalue weighted by Gasteiger charge is 2.23. The van der Waals surface area contributed by atoms with E-state index < -0.39 is 23.8 Å². The first kappa shape index (κ1) is 27.3. The fourth-order valence-electron chi connectivity index (χ4n) is 3.27. The topological polar surface area (TPSA) is 121 Å². The van der Waals surface area contributed by atoms with Crippen molar-refractivity contribution >= 4 is 58.8 Å². The number of rotatable bonds is 9. The number of hydrogen-bond donors (Lipinski definition) is 3. The maximum atomic E-state index is 12.7. The number of benzene rings is 2. The Morgan fingerprint density at radius 3 is 2.42 bits per heavy atom. The van der Waals surface area contributed by atoms with Gasteiger partial charge in [-0.2, -0.15) is 5.10 Å². The molecule has 1 aromatic heterocycles. The highest BCUT2D eigenvalue weighted by atomic mass is 35.5. The van der Waals surface area contributed by atoms with Crippen molar-refractivity contribution in [1.82, 2.24) is 10.7 Å². The molecule has 3 rings (SSSR count). The first-order chi connectivity index (χ1) is 17.0. The van der Waals surface area contributed by atoms with Crippen LogP contribution >= 0.6 is 34.8 Å². The quantitative estimate of drug-likeness (QED) is 0.226. The van der Waals surface area contributed by atoms with Crippen molar-refractivity contribution in [3.05, 3.63) is 80.5 Å². The zero-order chi connectivity index (χ0) is 26.4. The summed E-state index contributed by atoms with van der Waals surface area (Å²) in [7, 11) is 0. The number of halogens is 3. The molecule has 3 N–H and O–H groups in total. The average Bonchev–Trinajstić information content (AvgIpc) is 3.27. The normalized spacial score (nSPS) is 12.1. The lowest BCUT2D eigenvalue weighted by Crippen LogP contribution is -2.46. The first-order valence-electron chi connectivity index (χ1n) is 10.8. The molecule has 2 aromatic carbocycles. The molecular weight excluding hydrogens is 529 g/mol. The van der Waals surface area contributed by atoms with E-state index in [2.05, 4.69) is 15.8 Å². The monoisotopic (exact) mass is 549 g/mol. The SMILES string of the molecule is CC(C)C[C@@H](NC(=O)c1ccc(Cl)cc1Cl)C(=O)N/N=C/c1ccc(-c2ccc(Cl)c(C(=O)O)c2)o1. The largest absolute Gasteiger partial charge is 0.478 e. The lowest BCUT2D eigenvalue weighted by atomic mass is 10.0. The van der Waals surface area contributed by atoms with Crippen LogP contribution in [0.2, 0.25) is 15.1 Å². The number of hydrazone groups is 1. The highest BCUT2D eigenvalue weighted by Crippen LogP contribution is 2.27. The summed E-state index contributed by atoms with van der Waals surface area (Å²) in [6.07, 6.45) is 1.66. The van der Waals surface area contributed by atoms with E-state index in [4.69, 9.17) is 39.2 Å². The van der Waals surface area contributed by atoms with E-state index in [1.165, 1.54) is 36.5 Å². The summed E-state index contributed by atoms with van der Waals surface area (Å²) >= 11 is 17.9. The first-order valence-corrected chi connectivity index (χ1v) is 11.9. The fraction of sp³-hybridized carbons (Fsp3) is 0.200. The summed E-state index contributed by atoms with van der Waals surface area (Å²) in [5.41, 5.74) is 3.07. The Morgan fingerprint density at radius 1 is 1.00 bits per heavy atom. The second-order valence-electron chi connectivity index (χ2n) is 8.22. The number of carbonyl (C=O) groups is 3. The van der Waals surface area contributed by atoms with Gasteiger partial charge in [-0.1, -0.05) is 48.7 Å². The van der Waals surface area contributed by atoms with Crippen molar-refractivity contribution < 1.29 is 23.9 Å². The molecule has 0 aliphatic rings. The standard InChI is InChI=1S/C25H22Cl3N3O5/c1-13(2)9-21(30-23(32)17-6-4-15(26)11-20(17)28)24(33)31-29-12-16-5-8-22(36-16)14-3-7-19(27)18(10-14)25(34)35/h3-8,10-13,21H,9H2,1-2H3,(H,30,32)(H,31,33)(H,34,35)/b29-12+/t21-/m1/s1. The number of furan rings is 1. The van der Waals surface area contributed by atoms with Crippen LogP contribution in [0.5, 0.6) is 0 Å². The fourth-order valence-corrected chi connectivity index (χ4v) is 3.96. The second-order valence-corrected chi connectivity index (χ2v) is 9.47. The van der Waals surface area contributed by atoms with E-state index >= 15 is 0 Å². The van der Waals surface area contributed by atoms with Crippen molar-refractivity contribution in [1.29, 1.82) is 0 Å². The van der Waals surface area contributed by atoms with Crippen LogP contribution in [0.4, 0.5) is 0 Å². The van der Waals surface area contributed by atoms with Gasteiger partial charge in [-0.05, 0) is 60.9 Å². The Morgan fingerprint density at radius 2 is 1.75 bits per heavy atom. The molecule has 0 fully saturated rings. The van der Waals surface area contributed by atoms with Gasteiger partial charge in [0.1, 0.15) is 17.6 Å². The van der Waals surface area contributed by atoms with Gasteiger partial charge in [0, 0.05) is 10.6 Å². The minimum absolute atomic E-state index is 0.0498. The third-order valence-electron chi connectivity index (χ3n) is 4.98. The summed E-state index contributed by atoms with van der Waals surface area (Å²) in [6, 6.07) is 11.3. The maximum Gasteiger partial charge on any atom is 0.337 e. The molecule has 0 spiro atoms. The van der Waals surface area contributed by atoms with E-state index in [9.17, 15) is 19.5 Å². The number of hydrogen-bond acceptors (Lipinski definition) is 5. The number of nitrogens with one attached hydrogen (secondary N) is 2. The van der Waals surface area contributed by atoms with Crippen molar-refractivity contribution in [2.45, 2.75) is 26.3 Å². The molecule has 0 bridgehead atoms. The van der Waals surface area contributed by atoms with Gasteiger partial charge in [0.2, 0.25) is 0 Å². The Kier molecular flexibility index (Phi) is 9.14. The third-order valence-corrected chi connectivity index (χ3v) is 5.86. The van der Waals surface area contributed by atoms with Gasteiger partial charge in [0.25, 0.3) is 11.8 Å². The van der Waals surface area contributed by atoms with Crippen molar-refractivity contribution in [3.63, 3.8) is 0 Å². The molecule has 11 heteroatoms. The van der Waals surface area contributed by atoms with Crippen LogP contribution in [0.3, 0.4) is 0 Å². The zero-order valence-electron chi connectivity index (χ0n) is 19.2. The van der Waals surface area contributed by atoms with Crippen LogP contribution in [0.25, 0.3) is 11.3 Å².